The van der Waals surface area contributed by atoms with Crippen molar-refractivity contribution >= 4 is 11.9 Å². The van der Waals surface area contributed by atoms with Crippen molar-refractivity contribution in [2.24, 2.45) is 11.3 Å². The van der Waals surface area contributed by atoms with Crippen molar-refractivity contribution in [3.63, 3.8) is 0 Å². The third-order valence-electron chi connectivity index (χ3n) is 4.59. The molecule has 1 saturated carbocycles. The molecule has 0 aromatic heterocycles. The van der Waals surface area contributed by atoms with Crippen LogP contribution in [0.25, 0.3) is 0 Å². The van der Waals surface area contributed by atoms with Crippen LogP contribution in [0, 0.1) is 11.3 Å². The van der Waals surface area contributed by atoms with Gasteiger partial charge in [-0.1, -0.05) is 13.3 Å². The molecule has 108 valence electrons. The number of aliphatic carboxylic acids is 1. The summed E-state index contributed by atoms with van der Waals surface area (Å²) in [6.07, 6.45) is 4.96. The lowest BCUT2D eigenvalue weighted by Gasteiger charge is -2.38. The highest BCUT2D eigenvalue weighted by Gasteiger charge is 2.31. The van der Waals surface area contributed by atoms with E-state index in [1.807, 2.05) is 0 Å². The number of nitrogens with one attached hydrogen (secondary N) is 1. The Kier molecular flexibility index (Phi) is 4.45. The van der Waals surface area contributed by atoms with Gasteiger partial charge in [-0.2, -0.15) is 0 Å². The lowest BCUT2D eigenvalue weighted by molar-refractivity contribution is -0.145. The third-order valence-corrected chi connectivity index (χ3v) is 4.59. The minimum Gasteiger partial charge on any atom is -0.481 e. The number of carboxylic acids is 1. The molecule has 2 aliphatic rings. The van der Waals surface area contributed by atoms with Gasteiger partial charge < -0.3 is 15.3 Å². The van der Waals surface area contributed by atoms with Gasteiger partial charge in [0.25, 0.3) is 0 Å². The van der Waals surface area contributed by atoms with Gasteiger partial charge in [-0.25, -0.2) is 0 Å². The molecule has 1 saturated heterocycles. The van der Waals surface area contributed by atoms with E-state index < -0.39 is 5.97 Å². The Balaban J connectivity index is 1.65. The van der Waals surface area contributed by atoms with Crippen LogP contribution in [0.1, 0.15) is 39.0 Å². The topological polar surface area (TPSA) is 69.6 Å². The van der Waals surface area contributed by atoms with E-state index in [0.29, 0.717) is 37.9 Å². The Morgan fingerprint density at radius 3 is 2.42 bits per heavy atom. The second kappa shape index (κ2) is 5.90. The average molecular weight is 268 g/mol. The Labute approximate surface area is 114 Å². The number of carboxylic acid groups (broad SMARTS) is 1. The smallest absolute Gasteiger partial charge is 0.306 e. The first kappa shape index (κ1) is 14.3. The predicted octanol–water partition coefficient (Wildman–Crippen LogP) is 1.09. The van der Waals surface area contributed by atoms with Crippen molar-refractivity contribution in [3.05, 3.63) is 0 Å². The molecule has 0 spiro atoms. The Morgan fingerprint density at radius 2 is 1.95 bits per heavy atom. The normalized spacial score (nSPS) is 22.9. The minimum absolute atomic E-state index is 0.103. The highest BCUT2D eigenvalue weighted by Crippen LogP contribution is 2.39. The summed E-state index contributed by atoms with van der Waals surface area (Å²) in [6, 6.07) is 0. The summed E-state index contributed by atoms with van der Waals surface area (Å²) in [5.74, 6) is -0.902. The van der Waals surface area contributed by atoms with Crippen molar-refractivity contribution in [2.45, 2.75) is 39.0 Å². The largest absolute Gasteiger partial charge is 0.481 e. The van der Waals surface area contributed by atoms with Gasteiger partial charge in [0.2, 0.25) is 5.91 Å². The second-order valence-electron chi connectivity index (χ2n) is 6.26. The fraction of sp³-hybridized carbons (Fsp3) is 0.857. The van der Waals surface area contributed by atoms with Gasteiger partial charge in [-0.05, 0) is 31.1 Å². The van der Waals surface area contributed by atoms with E-state index in [1.54, 1.807) is 4.90 Å². The number of hydrogen-bond acceptors (Lipinski definition) is 3. The predicted molar refractivity (Wildman–Crippen MR) is 71.8 cm³/mol. The molecular formula is C14H24N2O3. The summed E-state index contributed by atoms with van der Waals surface area (Å²) in [7, 11) is 0. The van der Waals surface area contributed by atoms with Crippen LogP contribution in [0.4, 0.5) is 0 Å². The lowest BCUT2D eigenvalue weighted by Crippen LogP contribution is -2.46. The average Bonchev–Trinajstić information content (AvgIpc) is 2.36. The molecule has 0 bridgehead atoms. The molecule has 5 heteroatoms. The SMILES string of the molecule is CC1(CNCC(=O)N2CCC(C(=O)O)CC2)CCC1. The van der Waals surface area contributed by atoms with Crippen LogP contribution in [0.2, 0.25) is 0 Å². The highest BCUT2D eigenvalue weighted by atomic mass is 16.4. The van der Waals surface area contributed by atoms with E-state index in [-0.39, 0.29) is 11.8 Å². The standard InChI is InChI=1S/C14H24N2O3/c1-14(5-2-6-14)10-15-9-12(17)16-7-3-11(4-8-16)13(18)19/h11,15H,2-10H2,1H3,(H,18,19). The van der Waals surface area contributed by atoms with Gasteiger partial charge in [0.1, 0.15) is 0 Å². The third kappa shape index (κ3) is 3.69. The first-order valence-corrected chi connectivity index (χ1v) is 7.21. The molecule has 2 rings (SSSR count). The zero-order chi connectivity index (χ0) is 13.9. The molecule has 1 heterocycles. The second-order valence-corrected chi connectivity index (χ2v) is 6.26. The van der Waals surface area contributed by atoms with Crippen molar-refractivity contribution in [2.75, 3.05) is 26.2 Å². The zero-order valence-electron chi connectivity index (χ0n) is 11.7. The van der Waals surface area contributed by atoms with E-state index in [0.717, 1.165) is 6.54 Å². The fourth-order valence-electron chi connectivity index (χ4n) is 2.92. The molecule has 0 aromatic rings. The maximum atomic E-state index is 12.0. The first-order valence-electron chi connectivity index (χ1n) is 7.21. The van der Waals surface area contributed by atoms with Crippen LogP contribution in [-0.2, 0) is 9.59 Å². The van der Waals surface area contributed by atoms with Crippen LogP contribution >= 0.6 is 0 Å². The van der Waals surface area contributed by atoms with Gasteiger partial charge >= 0.3 is 5.97 Å². The first-order chi connectivity index (χ1) is 9.00. The quantitative estimate of drug-likeness (QED) is 0.783. The Hall–Kier alpha value is -1.10. The molecule has 1 amide bonds. The zero-order valence-corrected chi connectivity index (χ0v) is 11.7. The van der Waals surface area contributed by atoms with Gasteiger partial charge in [-0.3, -0.25) is 9.59 Å². The molecule has 0 unspecified atom stereocenters. The molecule has 2 fully saturated rings. The fourth-order valence-corrected chi connectivity index (χ4v) is 2.92. The van der Waals surface area contributed by atoms with E-state index in [2.05, 4.69) is 12.2 Å². The van der Waals surface area contributed by atoms with Crippen molar-refractivity contribution in [3.8, 4) is 0 Å². The maximum Gasteiger partial charge on any atom is 0.306 e. The molecule has 0 atom stereocenters. The number of likely N-dealkylation sites (tertiary alicyclic amines) is 1. The van der Waals surface area contributed by atoms with Crippen LogP contribution in [0.3, 0.4) is 0 Å². The van der Waals surface area contributed by atoms with Crippen molar-refractivity contribution in [1.29, 1.82) is 0 Å². The molecule has 1 aliphatic carbocycles. The number of carbonyl (C=O) groups is 2. The summed E-state index contributed by atoms with van der Waals surface area (Å²) in [5, 5.41) is 12.2. The summed E-state index contributed by atoms with van der Waals surface area (Å²) in [4.78, 5) is 24.6. The number of amides is 1. The minimum atomic E-state index is -0.733. The van der Waals surface area contributed by atoms with Crippen LogP contribution in [0.5, 0.6) is 0 Å². The summed E-state index contributed by atoms with van der Waals surface area (Å²) in [5.41, 5.74) is 0.385. The number of hydrogen-bond donors (Lipinski definition) is 2. The Bertz CT molecular complexity index is 345. The van der Waals surface area contributed by atoms with Gasteiger partial charge in [0.15, 0.2) is 0 Å². The highest BCUT2D eigenvalue weighted by molar-refractivity contribution is 5.78. The van der Waals surface area contributed by atoms with E-state index in [4.69, 9.17) is 5.11 Å². The maximum absolute atomic E-state index is 12.0. The van der Waals surface area contributed by atoms with Crippen LogP contribution < -0.4 is 5.32 Å². The van der Waals surface area contributed by atoms with E-state index >= 15 is 0 Å². The molecule has 19 heavy (non-hydrogen) atoms. The molecule has 5 nitrogen and oxygen atoms in total. The Morgan fingerprint density at radius 1 is 1.32 bits per heavy atom. The number of piperidine rings is 1. The van der Waals surface area contributed by atoms with E-state index in [1.165, 1.54) is 19.3 Å². The summed E-state index contributed by atoms with van der Waals surface area (Å²) < 4.78 is 0. The molecule has 0 aromatic carbocycles. The van der Waals surface area contributed by atoms with Gasteiger partial charge in [0, 0.05) is 19.6 Å². The molecular weight excluding hydrogens is 244 g/mol. The summed E-state index contributed by atoms with van der Waals surface area (Å²) >= 11 is 0. The van der Waals surface area contributed by atoms with Crippen LogP contribution in [0.15, 0.2) is 0 Å². The molecule has 0 radical (unpaired) electrons. The summed E-state index contributed by atoms with van der Waals surface area (Å²) in [6.45, 7) is 4.70. The van der Waals surface area contributed by atoms with E-state index in [9.17, 15) is 9.59 Å². The van der Waals surface area contributed by atoms with Crippen molar-refractivity contribution < 1.29 is 14.7 Å². The number of rotatable bonds is 5. The lowest BCUT2D eigenvalue weighted by atomic mass is 9.70. The molecule has 1 aliphatic heterocycles. The number of nitrogens with zero attached hydrogens (tertiary/aromatic N) is 1. The number of carbonyl (C=O) groups excluding carboxylic acids is 1. The van der Waals surface area contributed by atoms with Gasteiger partial charge in [-0.15, -0.1) is 0 Å². The monoisotopic (exact) mass is 268 g/mol. The van der Waals surface area contributed by atoms with Crippen molar-refractivity contribution in [1.82, 2.24) is 10.2 Å². The molecule has 2 N–H and O–H groups in total. The van der Waals surface area contributed by atoms with Crippen LogP contribution in [-0.4, -0.2) is 48.1 Å². The van der Waals surface area contributed by atoms with Gasteiger partial charge in [0.05, 0.1) is 12.5 Å².